The number of rotatable bonds is 0. The van der Waals surface area contributed by atoms with Crippen molar-refractivity contribution in [1.29, 1.82) is 0 Å². The molecule has 3 heterocycles. The maximum Gasteiger partial charge on any atom is 0.0877 e. The van der Waals surface area contributed by atoms with E-state index in [4.69, 9.17) is 0 Å². The van der Waals surface area contributed by atoms with Crippen LogP contribution in [-0.4, -0.2) is 9.38 Å². The van der Waals surface area contributed by atoms with E-state index in [1.807, 2.05) is 6.20 Å². The van der Waals surface area contributed by atoms with Crippen LogP contribution in [0.3, 0.4) is 0 Å². The Hall–Kier alpha value is -2.09. The van der Waals surface area contributed by atoms with Gasteiger partial charge in [0.25, 0.3) is 0 Å². The zero-order valence-electron chi connectivity index (χ0n) is 8.01. The van der Waals surface area contributed by atoms with Crippen LogP contribution in [0, 0.1) is 0 Å². The Bertz CT molecular complexity index is 707. The quantitative estimate of drug-likeness (QED) is 0.418. The monoisotopic (exact) mass is 192 g/mol. The lowest BCUT2D eigenvalue weighted by Crippen LogP contribution is -1.93. The van der Waals surface area contributed by atoms with Gasteiger partial charge in [-0.15, -0.1) is 0 Å². The number of hydrogen-bond acceptors (Lipinski definition) is 1. The molecule has 0 aliphatic heterocycles. The molecule has 15 heavy (non-hydrogen) atoms. The molecule has 2 nitrogen and oxygen atoms in total. The van der Waals surface area contributed by atoms with E-state index >= 15 is 0 Å². The van der Waals surface area contributed by atoms with E-state index in [1.54, 1.807) is 0 Å². The predicted octanol–water partition coefficient (Wildman–Crippen LogP) is 3.08. The van der Waals surface area contributed by atoms with Crippen molar-refractivity contribution in [2.45, 2.75) is 0 Å². The molecule has 0 amide bonds. The van der Waals surface area contributed by atoms with Crippen molar-refractivity contribution >= 4 is 27.5 Å². The molecule has 0 bridgehead atoms. The molecule has 4 aromatic rings. The first-order valence-corrected chi connectivity index (χ1v) is 5.01. The van der Waals surface area contributed by atoms with E-state index in [0.29, 0.717) is 0 Å². The van der Waals surface area contributed by atoms with Gasteiger partial charge in [-0.05, 0) is 24.3 Å². The van der Waals surface area contributed by atoms with Crippen molar-refractivity contribution < 1.29 is 0 Å². The molecule has 0 aliphatic carbocycles. The number of pyridine rings is 2. The minimum absolute atomic E-state index is 1.07. The van der Waals surface area contributed by atoms with Gasteiger partial charge in [-0.3, -0.25) is 4.98 Å². The van der Waals surface area contributed by atoms with Gasteiger partial charge in [0, 0.05) is 10.9 Å². The van der Waals surface area contributed by atoms with Crippen molar-refractivity contribution in [3.05, 3.63) is 48.7 Å². The molecule has 1 aromatic carbocycles. The van der Waals surface area contributed by atoms with E-state index in [1.165, 1.54) is 16.4 Å². The number of hydrogen-bond donors (Lipinski definition) is 0. The topological polar surface area (TPSA) is 17.3 Å². The van der Waals surface area contributed by atoms with Crippen LogP contribution in [-0.2, 0) is 0 Å². The molecular weight excluding hydrogens is 184 g/mol. The van der Waals surface area contributed by atoms with Gasteiger partial charge < -0.3 is 4.40 Å². The first kappa shape index (κ1) is 7.23. The number of nitrogens with zero attached hydrogens (tertiary/aromatic N) is 2. The fraction of sp³-hybridized carbons (Fsp3) is 0. The zero-order valence-corrected chi connectivity index (χ0v) is 8.01. The predicted molar refractivity (Wildman–Crippen MR) is 61.4 cm³/mol. The summed E-state index contributed by atoms with van der Waals surface area (Å²) in [5.74, 6) is 0. The van der Waals surface area contributed by atoms with Crippen LogP contribution in [0.25, 0.3) is 27.5 Å². The summed E-state index contributed by atoms with van der Waals surface area (Å²) >= 11 is 0. The molecular formula is C13H8N2. The van der Waals surface area contributed by atoms with Crippen LogP contribution in [0.4, 0.5) is 0 Å². The van der Waals surface area contributed by atoms with Gasteiger partial charge in [0.15, 0.2) is 0 Å². The lowest BCUT2D eigenvalue weighted by Gasteiger charge is -2.08. The smallest absolute Gasteiger partial charge is 0.0877 e. The Morgan fingerprint density at radius 1 is 0.867 bits per heavy atom. The van der Waals surface area contributed by atoms with Gasteiger partial charge in [-0.1, -0.05) is 18.2 Å². The molecule has 70 valence electrons. The Morgan fingerprint density at radius 3 is 2.73 bits per heavy atom. The van der Waals surface area contributed by atoms with Gasteiger partial charge in [-0.25, -0.2) is 0 Å². The van der Waals surface area contributed by atoms with Crippen LogP contribution in [0.2, 0.25) is 0 Å². The van der Waals surface area contributed by atoms with Crippen molar-refractivity contribution in [1.82, 2.24) is 9.38 Å². The summed E-state index contributed by atoms with van der Waals surface area (Å²) < 4.78 is 2.26. The van der Waals surface area contributed by atoms with Gasteiger partial charge in [0.05, 0.1) is 22.7 Å². The highest BCUT2D eigenvalue weighted by Crippen LogP contribution is 2.25. The van der Waals surface area contributed by atoms with Crippen LogP contribution in [0.15, 0.2) is 48.7 Å². The third kappa shape index (κ3) is 0.773. The minimum Gasteiger partial charge on any atom is -0.306 e. The largest absolute Gasteiger partial charge is 0.306 e. The molecule has 3 aromatic heterocycles. The molecule has 2 heteroatoms. The molecule has 0 saturated heterocycles. The normalized spacial score (nSPS) is 12.0. The van der Waals surface area contributed by atoms with Crippen LogP contribution < -0.4 is 0 Å². The summed E-state index contributed by atoms with van der Waals surface area (Å²) in [6.45, 7) is 0. The second-order valence-corrected chi connectivity index (χ2v) is 3.82. The number of aromatic nitrogens is 2. The maximum atomic E-state index is 4.45. The average Bonchev–Trinajstić information content (AvgIpc) is 2.71. The summed E-state index contributed by atoms with van der Waals surface area (Å²) in [5, 5.41) is 1.26. The van der Waals surface area contributed by atoms with Crippen LogP contribution in [0.1, 0.15) is 0 Å². The molecule has 0 fully saturated rings. The van der Waals surface area contributed by atoms with Gasteiger partial charge in [0.1, 0.15) is 0 Å². The lowest BCUT2D eigenvalue weighted by molar-refractivity contribution is 1.25. The zero-order chi connectivity index (χ0) is 9.83. The second-order valence-electron chi connectivity index (χ2n) is 3.82. The minimum atomic E-state index is 1.07. The van der Waals surface area contributed by atoms with E-state index in [2.05, 4.69) is 51.8 Å². The summed E-state index contributed by atoms with van der Waals surface area (Å²) in [4.78, 5) is 4.45. The second kappa shape index (κ2) is 2.28. The molecule has 4 rings (SSSR count). The fourth-order valence-corrected chi connectivity index (χ4v) is 2.30. The molecule has 0 N–H and O–H groups in total. The van der Waals surface area contributed by atoms with Crippen molar-refractivity contribution in [2.75, 3.05) is 0 Å². The van der Waals surface area contributed by atoms with Gasteiger partial charge >= 0.3 is 0 Å². The highest BCUT2D eigenvalue weighted by Gasteiger charge is 2.06. The molecule has 0 atom stereocenters. The summed E-state index contributed by atoms with van der Waals surface area (Å²) in [5.41, 5.74) is 4.67. The first-order chi connectivity index (χ1) is 7.43. The van der Waals surface area contributed by atoms with E-state index in [0.717, 1.165) is 11.0 Å². The van der Waals surface area contributed by atoms with E-state index in [-0.39, 0.29) is 0 Å². The summed E-state index contributed by atoms with van der Waals surface area (Å²) in [7, 11) is 0. The average molecular weight is 192 g/mol. The first-order valence-electron chi connectivity index (χ1n) is 5.01. The van der Waals surface area contributed by atoms with Crippen molar-refractivity contribution in [3.8, 4) is 0 Å². The van der Waals surface area contributed by atoms with Crippen molar-refractivity contribution in [2.24, 2.45) is 0 Å². The molecule has 0 saturated carbocycles. The highest BCUT2D eigenvalue weighted by molar-refractivity contribution is 5.99. The molecule has 0 radical (unpaired) electrons. The SMILES string of the molecule is c1cc2ccc3ccc4ncc(c1)n2c34. The van der Waals surface area contributed by atoms with E-state index < -0.39 is 0 Å². The van der Waals surface area contributed by atoms with Crippen LogP contribution in [0.5, 0.6) is 0 Å². The Kier molecular flexibility index (Phi) is 1.10. The Balaban J connectivity index is 2.54. The maximum absolute atomic E-state index is 4.45. The van der Waals surface area contributed by atoms with E-state index in [9.17, 15) is 0 Å². The molecule has 0 aliphatic rings. The third-order valence-electron chi connectivity index (χ3n) is 2.98. The van der Waals surface area contributed by atoms with Gasteiger partial charge in [0.2, 0.25) is 0 Å². The van der Waals surface area contributed by atoms with Gasteiger partial charge in [-0.2, -0.15) is 0 Å². The van der Waals surface area contributed by atoms with Crippen LogP contribution >= 0.6 is 0 Å². The van der Waals surface area contributed by atoms with Crippen molar-refractivity contribution in [3.63, 3.8) is 0 Å². The highest BCUT2D eigenvalue weighted by atomic mass is 14.9. The fourth-order valence-electron chi connectivity index (χ4n) is 2.30. The third-order valence-corrected chi connectivity index (χ3v) is 2.98. The Morgan fingerprint density at radius 2 is 1.73 bits per heavy atom. The molecule has 0 unspecified atom stereocenters. The Labute approximate surface area is 86.1 Å². The molecule has 0 spiro atoms. The summed E-state index contributed by atoms with van der Waals surface area (Å²) in [6, 6.07) is 14.8. The summed E-state index contributed by atoms with van der Waals surface area (Å²) in [6.07, 6.45) is 1.93. The lowest BCUT2D eigenvalue weighted by atomic mass is 10.2. The standard InChI is InChI=1S/C13H8N2/c1-2-10-6-4-9-5-7-12-13(9)15(10)11(3-1)8-14-12/h1-8H.